The Kier molecular flexibility index (Phi) is 3.90. The van der Waals surface area contributed by atoms with E-state index in [1.54, 1.807) is 13.2 Å². The Bertz CT molecular complexity index is 614. The molecule has 0 unspecified atom stereocenters. The summed E-state index contributed by atoms with van der Waals surface area (Å²) in [5, 5.41) is 12.1. The maximum Gasteiger partial charge on any atom is 0.151 e. The molecule has 1 aromatic carbocycles. The van der Waals surface area contributed by atoms with E-state index in [9.17, 15) is 0 Å². The van der Waals surface area contributed by atoms with Crippen LogP contribution < -0.4 is 10.1 Å². The van der Waals surface area contributed by atoms with Crippen LogP contribution in [0.5, 0.6) is 5.75 Å². The zero-order valence-corrected chi connectivity index (χ0v) is 12.2. The molecule has 0 atom stereocenters. The summed E-state index contributed by atoms with van der Waals surface area (Å²) >= 11 is 6.03. The summed E-state index contributed by atoms with van der Waals surface area (Å²) in [6.07, 6.45) is 0. The highest BCUT2D eigenvalue weighted by molar-refractivity contribution is 6.32. The number of methoxy groups -OCH3 is 1. The van der Waals surface area contributed by atoms with Gasteiger partial charge >= 0.3 is 0 Å². The Morgan fingerprint density at radius 2 is 1.89 bits per heavy atom. The lowest BCUT2D eigenvalue weighted by Gasteiger charge is -2.12. The Balaban J connectivity index is 2.56. The van der Waals surface area contributed by atoms with E-state index in [0.29, 0.717) is 10.8 Å². The van der Waals surface area contributed by atoms with E-state index in [0.717, 1.165) is 28.2 Å². The van der Waals surface area contributed by atoms with Crippen molar-refractivity contribution in [1.29, 1.82) is 0 Å². The molecule has 0 aliphatic carbocycles. The van der Waals surface area contributed by atoms with E-state index in [2.05, 4.69) is 15.5 Å². The molecule has 19 heavy (non-hydrogen) atoms. The molecule has 0 amide bonds. The molecule has 0 saturated carbocycles. The predicted molar refractivity (Wildman–Crippen MR) is 78.1 cm³/mol. The molecular formula is C14H16ClN3O. The van der Waals surface area contributed by atoms with Gasteiger partial charge in [-0.2, -0.15) is 0 Å². The normalized spacial score (nSPS) is 10.4. The first-order chi connectivity index (χ1) is 9.08. The van der Waals surface area contributed by atoms with Crippen molar-refractivity contribution in [2.24, 2.45) is 0 Å². The van der Waals surface area contributed by atoms with Gasteiger partial charge in [-0.1, -0.05) is 17.7 Å². The quantitative estimate of drug-likeness (QED) is 0.933. The van der Waals surface area contributed by atoms with Crippen LogP contribution in [0.1, 0.15) is 11.1 Å². The van der Waals surface area contributed by atoms with Crippen LogP contribution in [0.2, 0.25) is 5.02 Å². The van der Waals surface area contributed by atoms with Crippen molar-refractivity contribution in [3.8, 4) is 17.0 Å². The summed E-state index contributed by atoms with van der Waals surface area (Å²) in [5.41, 5.74) is 3.95. The Labute approximate surface area is 117 Å². The second-order valence-corrected chi connectivity index (χ2v) is 4.65. The second kappa shape index (κ2) is 5.45. The summed E-state index contributed by atoms with van der Waals surface area (Å²) in [6, 6.07) is 5.59. The summed E-state index contributed by atoms with van der Waals surface area (Å²) in [5.74, 6) is 1.43. The van der Waals surface area contributed by atoms with Crippen LogP contribution in [-0.4, -0.2) is 24.4 Å². The standard InChI is InChI=1S/C14H16ClN3O/c1-8-9(2)14(16-3)18-17-13(8)10-5-6-11(15)12(7-10)19-4/h5-7H,1-4H3,(H,16,18). The number of aromatic nitrogens is 2. The highest BCUT2D eigenvalue weighted by Gasteiger charge is 2.12. The van der Waals surface area contributed by atoms with Crippen molar-refractivity contribution in [3.63, 3.8) is 0 Å². The number of rotatable bonds is 3. The van der Waals surface area contributed by atoms with Crippen LogP contribution >= 0.6 is 11.6 Å². The van der Waals surface area contributed by atoms with Gasteiger partial charge < -0.3 is 10.1 Å². The van der Waals surface area contributed by atoms with Gasteiger partial charge in [0.25, 0.3) is 0 Å². The SMILES string of the molecule is CNc1nnc(-c2ccc(Cl)c(OC)c2)c(C)c1C. The van der Waals surface area contributed by atoms with E-state index >= 15 is 0 Å². The van der Waals surface area contributed by atoms with Gasteiger partial charge in [-0.05, 0) is 37.1 Å². The molecular weight excluding hydrogens is 262 g/mol. The van der Waals surface area contributed by atoms with Gasteiger partial charge in [-0.15, -0.1) is 10.2 Å². The predicted octanol–water partition coefficient (Wildman–Crippen LogP) is 3.46. The lowest BCUT2D eigenvalue weighted by Crippen LogP contribution is -2.02. The Morgan fingerprint density at radius 3 is 2.53 bits per heavy atom. The largest absolute Gasteiger partial charge is 0.495 e. The van der Waals surface area contributed by atoms with Crippen molar-refractivity contribution < 1.29 is 4.74 Å². The number of nitrogens with zero attached hydrogens (tertiary/aromatic N) is 2. The van der Waals surface area contributed by atoms with Gasteiger partial charge in [0, 0.05) is 12.6 Å². The lowest BCUT2D eigenvalue weighted by atomic mass is 10.0. The smallest absolute Gasteiger partial charge is 0.151 e. The molecule has 1 aromatic heterocycles. The summed E-state index contributed by atoms with van der Waals surface area (Å²) < 4.78 is 5.23. The first-order valence-electron chi connectivity index (χ1n) is 5.94. The van der Waals surface area contributed by atoms with E-state index in [4.69, 9.17) is 16.3 Å². The van der Waals surface area contributed by atoms with Gasteiger partial charge in [0.15, 0.2) is 5.82 Å². The number of anilines is 1. The summed E-state index contributed by atoms with van der Waals surface area (Å²) in [7, 11) is 3.43. The fraction of sp³-hybridized carbons (Fsp3) is 0.286. The zero-order chi connectivity index (χ0) is 14.0. The van der Waals surface area contributed by atoms with E-state index in [1.807, 2.05) is 33.0 Å². The van der Waals surface area contributed by atoms with Gasteiger partial charge in [0.05, 0.1) is 17.8 Å². The molecule has 0 aliphatic rings. The van der Waals surface area contributed by atoms with Crippen molar-refractivity contribution in [2.75, 3.05) is 19.5 Å². The molecule has 5 heteroatoms. The first kappa shape index (κ1) is 13.6. The summed E-state index contributed by atoms with van der Waals surface area (Å²) in [6.45, 7) is 4.05. The minimum atomic E-state index is 0.584. The van der Waals surface area contributed by atoms with Crippen molar-refractivity contribution in [1.82, 2.24) is 10.2 Å². The Morgan fingerprint density at radius 1 is 1.16 bits per heavy atom. The molecule has 100 valence electrons. The zero-order valence-electron chi connectivity index (χ0n) is 11.4. The van der Waals surface area contributed by atoms with Crippen LogP contribution in [0, 0.1) is 13.8 Å². The Hall–Kier alpha value is -1.81. The number of hydrogen-bond acceptors (Lipinski definition) is 4. The lowest BCUT2D eigenvalue weighted by molar-refractivity contribution is 0.415. The molecule has 0 bridgehead atoms. The third-order valence-corrected chi connectivity index (χ3v) is 3.50. The minimum Gasteiger partial charge on any atom is -0.495 e. The van der Waals surface area contributed by atoms with Crippen LogP contribution in [0.15, 0.2) is 18.2 Å². The number of halogens is 1. The highest BCUT2D eigenvalue weighted by atomic mass is 35.5. The molecule has 0 fully saturated rings. The minimum absolute atomic E-state index is 0.584. The highest BCUT2D eigenvalue weighted by Crippen LogP contribution is 2.32. The average molecular weight is 278 g/mol. The van der Waals surface area contributed by atoms with Gasteiger partial charge in [0.1, 0.15) is 5.75 Å². The van der Waals surface area contributed by atoms with Crippen LogP contribution in [0.25, 0.3) is 11.3 Å². The average Bonchev–Trinajstić information content (AvgIpc) is 2.43. The first-order valence-corrected chi connectivity index (χ1v) is 6.31. The van der Waals surface area contributed by atoms with Gasteiger partial charge in [-0.25, -0.2) is 0 Å². The number of hydrogen-bond donors (Lipinski definition) is 1. The monoisotopic (exact) mass is 277 g/mol. The molecule has 1 heterocycles. The van der Waals surface area contributed by atoms with Crippen LogP contribution in [-0.2, 0) is 0 Å². The van der Waals surface area contributed by atoms with Gasteiger partial charge in [0.2, 0.25) is 0 Å². The topological polar surface area (TPSA) is 47.0 Å². The molecule has 1 N–H and O–H groups in total. The van der Waals surface area contributed by atoms with E-state index in [-0.39, 0.29) is 0 Å². The van der Waals surface area contributed by atoms with E-state index < -0.39 is 0 Å². The van der Waals surface area contributed by atoms with Crippen LogP contribution in [0.3, 0.4) is 0 Å². The molecule has 0 spiro atoms. The molecule has 0 saturated heterocycles. The van der Waals surface area contributed by atoms with Crippen molar-refractivity contribution in [2.45, 2.75) is 13.8 Å². The fourth-order valence-corrected chi connectivity index (χ4v) is 2.12. The van der Waals surface area contributed by atoms with E-state index in [1.165, 1.54) is 0 Å². The maximum atomic E-state index is 6.03. The number of ether oxygens (including phenoxy) is 1. The molecule has 0 radical (unpaired) electrons. The van der Waals surface area contributed by atoms with Crippen LogP contribution in [0.4, 0.5) is 5.82 Å². The molecule has 0 aliphatic heterocycles. The van der Waals surface area contributed by atoms with Gasteiger partial charge in [-0.3, -0.25) is 0 Å². The molecule has 2 rings (SSSR count). The van der Waals surface area contributed by atoms with Crippen molar-refractivity contribution in [3.05, 3.63) is 34.3 Å². The van der Waals surface area contributed by atoms with Crippen molar-refractivity contribution >= 4 is 17.4 Å². The fourth-order valence-electron chi connectivity index (χ4n) is 1.92. The third kappa shape index (κ3) is 2.49. The molecule has 4 nitrogen and oxygen atoms in total. The number of nitrogens with one attached hydrogen (secondary N) is 1. The third-order valence-electron chi connectivity index (χ3n) is 3.18. The number of benzene rings is 1. The second-order valence-electron chi connectivity index (χ2n) is 4.25. The summed E-state index contributed by atoms with van der Waals surface area (Å²) in [4.78, 5) is 0. The maximum absolute atomic E-state index is 6.03. The molecule has 2 aromatic rings.